The number of sulfonamides is 1. The lowest BCUT2D eigenvalue weighted by atomic mass is 9.99. The van der Waals surface area contributed by atoms with Crippen LogP contribution in [0.3, 0.4) is 0 Å². The molecule has 35 heavy (non-hydrogen) atoms. The summed E-state index contributed by atoms with van der Waals surface area (Å²) >= 11 is 0. The lowest BCUT2D eigenvalue weighted by molar-refractivity contribution is 0.384. The summed E-state index contributed by atoms with van der Waals surface area (Å²) in [6, 6.07) is 19.1. The molecule has 4 aromatic rings. The molecule has 1 unspecified atom stereocenters. The van der Waals surface area contributed by atoms with Gasteiger partial charge in [-0.1, -0.05) is 38.1 Å². The maximum atomic E-state index is 13.3. The molecule has 1 aliphatic rings. The molecule has 0 bridgehead atoms. The van der Waals surface area contributed by atoms with Gasteiger partial charge in [0.25, 0.3) is 0 Å². The molecule has 1 fully saturated rings. The molecule has 2 aromatic carbocycles. The summed E-state index contributed by atoms with van der Waals surface area (Å²) in [6.07, 6.45) is 4.50. The molecule has 0 saturated carbocycles. The van der Waals surface area contributed by atoms with Gasteiger partial charge in [0.05, 0.1) is 10.4 Å². The number of pyridine rings is 1. The Morgan fingerprint density at radius 2 is 1.66 bits per heavy atom. The SMILES string of the molecule is CCC(C)c1ccc(S(=O)(=O)N2CCN(c3nc(-c4cccnc4)nc4ccccc34)CC2)cc1. The Balaban J connectivity index is 1.39. The van der Waals surface area contributed by atoms with E-state index in [4.69, 9.17) is 9.97 Å². The number of nitrogens with zero attached hydrogens (tertiary/aromatic N) is 5. The van der Waals surface area contributed by atoms with Crippen LogP contribution in [0.4, 0.5) is 5.82 Å². The summed E-state index contributed by atoms with van der Waals surface area (Å²) in [5.74, 6) is 1.85. The molecule has 7 nitrogen and oxygen atoms in total. The third-order valence-electron chi connectivity index (χ3n) is 6.74. The number of piperazine rings is 1. The summed E-state index contributed by atoms with van der Waals surface area (Å²) in [5, 5.41) is 0.956. The normalized spacial score (nSPS) is 15.9. The number of benzene rings is 2. The van der Waals surface area contributed by atoms with Crippen LogP contribution >= 0.6 is 0 Å². The van der Waals surface area contributed by atoms with Gasteiger partial charge in [-0.2, -0.15) is 4.31 Å². The predicted molar refractivity (Wildman–Crippen MR) is 139 cm³/mol. The van der Waals surface area contributed by atoms with E-state index in [9.17, 15) is 8.42 Å². The van der Waals surface area contributed by atoms with E-state index in [1.807, 2.05) is 48.5 Å². The van der Waals surface area contributed by atoms with Crippen molar-refractivity contribution in [3.63, 3.8) is 0 Å². The number of aromatic nitrogens is 3. The van der Waals surface area contributed by atoms with Crippen LogP contribution in [0.2, 0.25) is 0 Å². The lowest BCUT2D eigenvalue weighted by Gasteiger charge is -2.35. The second-order valence-corrected chi connectivity index (χ2v) is 10.8. The van der Waals surface area contributed by atoms with Crippen LogP contribution < -0.4 is 4.90 Å². The van der Waals surface area contributed by atoms with Crippen LogP contribution in [-0.2, 0) is 10.0 Å². The second-order valence-electron chi connectivity index (χ2n) is 8.90. The summed E-state index contributed by atoms with van der Waals surface area (Å²) < 4.78 is 28.2. The zero-order valence-corrected chi connectivity index (χ0v) is 20.8. The van der Waals surface area contributed by atoms with Gasteiger partial charge in [-0.15, -0.1) is 0 Å². The van der Waals surface area contributed by atoms with Gasteiger partial charge in [-0.25, -0.2) is 18.4 Å². The van der Waals surface area contributed by atoms with Crippen LogP contribution in [0.5, 0.6) is 0 Å². The molecule has 8 heteroatoms. The van der Waals surface area contributed by atoms with Gasteiger partial charge in [0.15, 0.2) is 5.82 Å². The van der Waals surface area contributed by atoms with Gasteiger partial charge in [0, 0.05) is 49.5 Å². The lowest BCUT2D eigenvalue weighted by Crippen LogP contribution is -2.49. The molecule has 0 radical (unpaired) electrons. The Morgan fingerprint density at radius 1 is 0.914 bits per heavy atom. The fourth-order valence-corrected chi connectivity index (χ4v) is 5.84. The zero-order chi connectivity index (χ0) is 24.4. The third kappa shape index (κ3) is 4.63. The molecule has 0 spiro atoms. The molecular formula is C27H29N5O2S. The first-order valence-corrected chi connectivity index (χ1v) is 13.4. The Hall–Kier alpha value is -3.36. The van der Waals surface area contributed by atoms with Crippen molar-refractivity contribution in [2.45, 2.75) is 31.1 Å². The van der Waals surface area contributed by atoms with Crippen LogP contribution in [0, 0.1) is 0 Å². The van der Waals surface area contributed by atoms with E-state index in [1.165, 1.54) is 0 Å². The molecule has 5 rings (SSSR count). The molecule has 2 aromatic heterocycles. The molecular weight excluding hydrogens is 458 g/mol. The van der Waals surface area contributed by atoms with E-state index in [2.05, 4.69) is 23.7 Å². The number of anilines is 1. The fourth-order valence-electron chi connectivity index (χ4n) is 4.42. The van der Waals surface area contributed by atoms with Crippen molar-refractivity contribution in [2.75, 3.05) is 31.1 Å². The van der Waals surface area contributed by atoms with Crippen molar-refractivity contribution in [2.24, 2.45) is 0 Å². The number of hydrogen-bond donors (Lipinski definition) is 0. The van der Waals surface area contributed by atoms with Crippen LogP contribution in [-0.4, -0.2) is 53.9 Å². The molecule has 0 amide bonds. The first-order chi connectivity index (χ1) is 17.0. The summed E-state index contributed by atoms with van der Waals surface area (Å²) in [6.45, 7) is 6.19. The predicted octanol–water partition coefficient (Wildman–Crippen LogP) is 4.72. The third-order valence-corrected chi connectivity index (χ3v) is 8.65. The number of hydrogen-bond acceptors (Lipinski definition) is 6. The molecule has 1 aliphatic heterocycles. The first kappa shape index (κ1) is 23.4. The highest BCUT2D eigenvalue weighted by molar-refractivity contribution is 7.89. The van der Waals surface area contributed by atoms with Crippen molar-refractivity contribution in [1.29, 1.82) is 0 Å². The molecule has 0 aliphatic carbocycles. The molecule has 180 valence electrons. The molecule has 0 N–H and O–H groups in total. The highest BCUT2D eigenvalue weighted by Gasteiger charge is 2.30. The van der Waals surface area contributed by atoms with Crippen LogP contribution in [0.1, 0.15) is 31.7 Å². The van der Waals surface area contributed by atoms with E-state index >= 15 is 0 Å². The van der Waals surface area contributed by atoms with Crippen molar-refractivity contribution >= 4 is 26.7 Å². The second kappa shape index (κ2) is 9.71. The number of rotatable bonds is 6. The minimum absolute atomic E-state index is 0.351. The summed E-state index contributed by atoms with van der Waals surface area (Å²) in [5.41, 5.74) is 2.87. The summed E-state index contributed by atoms with van der Waals surface area (Å²) in [4.78, 5) is 16.3. The van der Waals surface area contributed by atoms with Crippen LogP contribution in [0.15, 0.2) is 78.0 Å². The average Bonchev–Trinajstić information content (AvgIpc) is 2.92. The van der Waals surface area contributed by atoms with E-state index < -0.39 is 10.0 Å². The van der Waals surface area contributed by atoms with Gasteiger partial charge >= 0.3 is 0 Å². The van der Waals surface area contributed by atoms with E-state index in [0.29, 0.717) is 42.8 Å². The quantitative estimate of drug-likeness (QED) is 0.392. The molecule has 1 saturated heterocycles. The molecule has 1 atom stereocenters. The van der Waals surface area contributed by atoms with Crippen molar-refractivity contribution in [1.82, 2.24) is 19.3 Å². The highest BCUT2D eigenvalue weighted by Crippen LogP contribution is 2.29. The average molecular weight is 488 g/mol. The maximum Gasteiger partial charge on any atom is 0.243 e. The maximum absolute atomic E-state index is 13.3. The van der Waals surface area contributed by atoms with Crippen LogP contribution in [0.25, 0.3) is 22.3 Å². The van der Waals surface area contributed by atoms with E-state index in [0.717, 1.165) is 34.3 Å². The minimum atomic E-state index is -3.54. The Morgan fingerprint density at radius 3 is 2.34 bits per heavy atom. The Labute approximate surface area is 206 Å². The van der Waals surface area contributed by atoms with E-state index in [1.54, 1.807) is 28.8 Å². The topological polar surface area (TPSA) is 79.3 Å². The van der Waals surface area contributed by atoms with Gasteiger partial charge in [0.1, 0.15) is 5.82 Å². The van der Waals surface area contributed by atoms with E-state index in [-0.39, 0.29) is 0 Å². The monoisotopic (exact) mass is 487 g/mol. The zero-order valence-electron chi connectivity index (χ0n) is 20.0. The van der Waals surface area contributed by atoms with Gasteiger partial charge in [-0.05, 0) is 54.3 Å². The first-order valence-electron chi connectivity index (χ1n) is 12.0. The fraction of sp³-hybridized carbons (Fsp3) is 0.296. The largest absolute Gasteiger partial charge is 0.353 e. The van der Waals surface area contributed by atoms with Gasteiger partial charge in [0.2, 0.25) is 10.0 Å². The smallest absolute Gasteiger partial charge is 0.243 e. The standard InChI is InChI=1S/C27H29N5O2S/c1-3-20(2)21-10-12-23(13-11-21)35(33,34)32-17-15-31(16-18-32)27-24-8-4-5-9-25(24)29-26(30-27)22-7-6-14-28-19-22/h4-14,19-20H,3,15-18H2,1-2H3. The molecule has 3 heterocycles. The highest BCUT2D eigenvalue weighted by atomic mass is 32.2. The van der Waals surface area contributed by atoms with Gasteiger partial charge in [-0.3, -0.25) is 4.98 Å². The van der Waals surface area contributed by atoms with Crippen molar-refractivity contribution in [3.05, 3.63) is 78.6 Å². The number of fused-ring (bicyclic) bond motifs is 1. The van der Waals surface area contributed by atoms with Gasteiger partial charge < -0.3 is 4.90 Å². The van der Waals surface area contributed by atoms with Crippen molar-refractivity contribution in [3.8, 4) is 11.4 Å². The minimum Gasteiger partial charge on any atom is -0.353 e. The Bertz CT molecular complexity index is 1420. The van der Waals surface area contributed by atoms with Crippen molar-refractivity contribution < 1.29 is 8.42 Å². The summed E-state index contributed by atoms with van der Waals surface area (Å²) in [7, 11) is -3.54. The Kier molecular flexibility index (Phi) is 6.49. The number of para-hydroxylation sites is 1.